The van der Waals surface area contributed by atoms with Gasteiger partial charge in [-0.1, -0.05) is 26.2 Å². The molecule has 0 aromatic carbocycles. The minimum atomic E-state index is -0.462. The number of aromatic nitrogens is 2. The molecule has 5 heteroatoms. The van der Waals surface area contributed by atoms with Crippen molar-refractivity contribution in [1.82, 2.24) is 9.55 Å². The summed E-state index contributed by atoms with van der Waals surface area (Å²) in [5.74, 6) is 2.35. The summed E-state index contributed by atoms with van der Waals surface area (Å²) in [5, 5.41) is 0. The maximum absolute atomic E-state index is 11.6. The molecule has 1 heterocycles. The van der Waals surface area contributed by atoms with Gasteiger partial charge in [0.1, 0.15) is 11.6 Å². The molecule has 1 aromatic heterocycles. The first-order valence-electron chi connectivity index (χ1n) is 7.43. The van der Waals surface area contributed by atoms with Gasteiger partial charge in [0, 0.05) is 6.54 Å². The first-order valence-corrected chi connectivity index (χ1v) is 7.43. The molecule has 2 N–H and O–H groups in total. The van der Waals surface area contributed by atoms with E-state index in [1.165, 1.54) is 32.8 Å². The second-order valence-corrected chi connectivity index (χ2v) is 5.96. The van der Waals surface area contributed by atoms with Crippen molar-refractivity contribution in [1.29, 1.82) is 0 Å². The number of nitrogens with zero attached hydrogens (tertiary/aromatic N) is 2. The van der Waals surface area contributed by atoms with Gasteiger partial charge in [0.25, 0.3) is 0 Å². The predicted octanol–water partition coefficient (Wildman–Crippen LogP) is 2.78. The van der Waals surface area contributed by atoms with Gasteiger partial charge in [-0.05, 0) is 31.6 Å². The Hall–Kier alpha value is -1.52. The maximum atomic E-state index is 11.6. The number of methoxy groups -OCH3 is 1. The number of esters is 1. The molecule has 0 saturated heterocycles. The topological polar surface area (TPSA) is 70.1 Å². The van der Waals surface area contributed by atoms with Gasteiger partial charge in [-0.15, -0.1) is 0 Å². The predicted molar refractivity (Wildman–Crippen MR) is 78.5 cm³/mol. The van der Waals surface area contributed by atoms with Gasteiger partial charge in [0.05, 0.1) is 7.11 Å². The smallest absolute Gasteiger partial charge is 0.360 e. The first kappa shape index (κ1) is 14.9. The Bertz CT molecular complexity index is 482. The van der Waals surface area contributed by atoms with Crippen LogP contribution in [0.2, 0.25) is 0 Å². The number of nitrogens with two attached hydrogens (primary N) is 1. The van der Waals surface area contributed by atoms with Crippen LogP contribution in [0.5, 0.6) is 0 Å². The molecule has 0 amide bonds. The quantitative estimate of drug-likeness (QED) is 0.860. The minimum Gasteiger partial charge on any atom is -0.464 e. The van der Waals surface area contributed by atoms with Crippen LogP contribution in [0.3, 0.4) is 0 Å². The van der Waals surface area contributed by atoms with Crippen molar-refractivity contribution >= 4 is 11.8 Å². The first-order chi connectivity index (χ1) is 9.52. The summed E-state index contributed by atoms with van der Waals surface area (Å²) < 4.78 is 6.64. The molecule has 20 heavy (non-hydrogen) atoms. The summed E-state index contributed by atoms with van der Waals surface area (Å²) in [4.78, 5) is 15.8. The highest BCUT2D eigenvalue weighted by atomic mass is 16.5. The third-order valence-corrected chi connectivity index (χ3v) is 4.38. The minimum absolute atomic E-state index is 0.238. The summed E-state index contributed by atoms with van der Waals surface area (Å²) in [6, 6.07) is 0. The highest BCUT2D eigenvalue weighted by molar-refractivity contribution is 5.92. The molecular formula is C15H25N3O2. The fraction of sp³-hybridized carbons (Fsp3) is 0.733. The van der Waals surface area contributed by atoms with Crippen LogP contribution in [0.25, 0.3) is 0 Å². The van der Waals surface area contributed by atoms with Crippen molar-refractivity contribution in [2.75, 3.05) is 12.8 Å². The van der Waals surface area contributed by atoms with Crippen molar-refractivity contribution in [3.8, 4) is 0 Å². The monoisotopic (exact) mass is 279 g/mol. The molecular weight excluding hydrogens is 254 g/mol. The summed E-state index contributed by atoms with van der Waals surface area (Å²) in [5.41, 5.74) is 6.26. The molecule has 0 bridgehead atoms. The molecule has 1 saturated carbocycles. The molecule has 0 radical (unpaired) electrons. The molecule has 1 aliphatic carbocycles. The van der Waals surface area contributed by atoms with Crippen molar-refractivity contribution in [2.24, 2.45) is 11.8 Å². The van der Waals surface area contributed by atoms with Gasteiger partial charge in [0.15, 0.2) is 5.69 Å². The van der Waals surface area contributed by atoms with Crippen molar-refractivity contribution in [3.63, 3.8) is 0 Å². The number of carbonyl (C=O) groups excluding carboxylic acids is 1. The zero-order valence-electron chi connectivity index (χ0n) is 12.7. The molecule has 112 valence electrons. The van der Waals surface area contributed by atoms with Crippen LogP contribution in [0.4, 0.5) is 5.82 Å². The normalized spacial score (nSPS) is 22.8. The SMILES string of the molecule is COC(=O)c1nc(C)n(CCC2CCCC(C)C2)c1N. The summed E-state index contributed by atoms with van der Waals surface area (Å²) in [6.07, 6.45) is 6.40. The van der Waals surface area contributed by atoms with Gasteiger partial charge < -0.3 is 15.0 Å². The number of imidazole rings is 1. The Balaban J connectivity index is 2.02. The highest BCUT2D eigenvalue weighted by Crippen LogP contribution is 2.31. The Morgan fingerprint density at radius 2 is 2.25 bits per heavy atom. The van der Waals surface area contributed by atoms with Gasteiger partial charge in [0.2, 0.25) is 0 Å². The number of carbonyl (C=O) groups is 1. The number of hydrogen-bond donors (Lipinski definition) is 1. The van der Waals surface area contributed by atoms with Gasteiger partial charge >= 0.3 is 5.97 Å². The zero-order valence-corrected chi connectivity index (χ0v) is 12.7. The number of anilines is 1. The third-order valence-electron chi connectivity index (χ3n) is 4.38. The lowest BCUT2D eigenvalue weighted by molar-refractivity contribution is 0.0595. The molecule has 0 aliphatic heterocycles. The van der Waals surface area contributed by atoms with Crippen LogP contribution in [-0.2, 0) is 11.3 Å². The van der Waals surface area contributed by atoms with E-state index in [1.54, 1.807) is 0 Å². The molecule has 2 unspecified atom stereocenters. The lowest BCUT2D eigenvalue weighted by atomic mass is 9.81. The Morgan fingerprint density at radius 1 is 1.50 bits per heavy atom. The lowest BCUT2D eigenvalue weighted by Crippen LogP contribution is -2.16. The zero-order chi connectivity index (χ0) is 14.7. The van der Waals surface area contributed by atoms with E-state index in [-0.39, 0.29) is 5.69 Å². The molecule has 1 fully saturated rings. The van der Waals surface area contributed by atoms with E-state index >= 15 is 0 Å². The molecule has 1 aliphatic rings. The van der Waals surface area contributed by atoms with Crippen molar-refractivity contribution < 1.29 is 9.53 Å². The largest absolute Gasteiger partial charge is 0.464 e. The summed E-state index contributed by atoms with van der Waals surface area (Å²) in [6.45, 7) is 5.05. The standard InChI is InChI=1S/C15H25N3O2/c1-10-5-4-6-12(9-10)7-8-18-11(2)17-13(14(18)16)15(19)20-3/h10,12H,4-9,16H2,1-3H3. The number of hydrogen-bond acceptors (Lipinski definition) is 4. The Labute approximate surface area is 120 Å². The average molecular weight is 279 g/mol. The third kappa shape index (κ3) is 3.14. The second kappa shape index (κ2) is 6.29. The maximum Gasteiger partial charge on any atom is 0.360 e. The van der Waals surface area contributed by atoms with Crippen LogP contribution >= 0.6 is 0 Å². The fourth-order valence-electron chi connectivity index (χ4n) is 3.24. The van der Waals surface area contributed by atoms with E-state index < -0.39 is 5.97 Å². The van der Waals surface area contributed by atoms with E-state index in [0.29, 0.717) is 5.82 Å². The van der Waals surface area contributed by atoms with Crippen LogP contribution < -0.4 is 5.73 Å². The van der Waals surface area contributed by atoms with Crippen molar-refractivity contribution in [3.05, 3.63) is 11.5 Å². The molecule has 0 spiro atoms. The van der Waals surface area contributed by atoms with E-state index in [4.69, 9.17) is 10.5 Å². The number of nitrogen functional groups attached to an aromatic ring is 1. The molecule has 5 nitrogen and oxygen atoms in total. The molecule has 2 rings (SSSR count). The fourth-order valence-corrected chi connectivity index (χ4v) is 3.24. The Morgan fingerprint density at radius 3 is 2.90 bits per heavy atom. The van der Waals surface area contributed by atoms with Crippen molar-refractivity contribution in [2.45, 2.75) is 52.5 Å². The van der Waals surface area contributed by atoms with Crippen LogP contribution in [0, 0.1) is 18.8 Å². The highest BCUT2D eigenvalue weighted by Gasteiger charge is 2.22. The van der Waals surface area contributed by atoms with Crippen LogP contribution in [0.15, 0.2) is 0 Å². The Kier molecular flexibility index (Phi) is 4.68. The van der Waals surface area contributed by atoms with E-state index in [1.807, 2.05) is 11.5 Å². The summed E-state index contributed by atoms with van der Waals surface area (Å²) >= 11 is 0. The van der Waals surface area contributed by atoms with Gasteiger partial charge in [-0.3, -0.25) is 0 Å². The second-order valence-electron chi connectivity index (χ2n) is 5.96. The van der Waals surface area contributed by atoms with E-state index in [2.05, 4.69) is 11.9 Å². The number of aryl methyl sites for hydroxylation is 1. The van der Waals surface area contributed by atoms with Crippen LogP contribution in [0.1, 0.15) is 55.3 Å². The molecule has 2 atom stereocenters. The van der Waals surface area contributed by atoms with E-state index in [9.17, 15) is 4.79 Å². The summed E-state index contributed by atoms with van der Waals surface area (Å²) in [7, 11) is 1.35. The van der Waals surface area contributed by atoms with Gasteiger partial charge in [-0.2, -0.15) is 0 Å². The number of ether oxygens (including phenoxy) is 1. The van der Waals surface area contributed by atoms with Crippen LogP contribution in [-0.4, -0.2) is 22.6 Å². The van der Waals surface area contributed by atoms with E-state index in [0.717, 1.165) is 30.6 Å². The van der Waals surface area contributed by atoms with Gasteiger partial charge in [-0.25, -0.2) is 9.78 Å². The average Bonchev–Trinajstić information content (AvgIpc) is 2.71. The molecule has 1 aromatic rings. The number of rotatable bonds is 4. The lowest BCUT2D eigenvalue weighted by Gasteiger charge is -2.27.